The Morgan fingerprint density at radius 1 is 1.07 bits per heavy atom. The molecule has 1 aromatic rings. The second-order valence-corrected chi connectivity index (χ2v) is 3.16. The molecule has 0 aliphatic heterocycles. The smallest absolute Gasteiger partial charge is 0.0205 e. The second kappa shape index (κ2) is 13.2. The van der Waals surface area contributed by atoms with Crippen LogP contribution in [0.4, 0.5) is 0 Å². The first-order valence-electron chi connectivity index (χ1n) is 5.95. The molecular formula is C14H27N. The van der Waals surface area contributed by atoms with Gasteiger partial charge in [0.25, 0.3) is 0 Å². The van der Waals surface area contributed by atoms with Gasteiger partial charge in [-0.3, -0.25) is 0 Å². The summed E-state index contributed by atoms with van der Waals surface area (Å²) in [5.41, 5.74) is 2.74. The molecule has 0 aromatic heterocycles. The van der Waals surface area contributed by atoms with Crippen molar-refractivity contribution in [1.82, 2.24) is 5.32 Å². The molecule has 0 bridgehead atoms. The molecule has 0 heterocycles. The molecule has 1 aromatic carbocycles. The molecule has 1 nitrogen and oxygen atoms in total. The van der Waals surface area contributed by atoms with Crippen molar-refractivity contribution < 1.29 is 0 Å². The van der Waals surface area contributed by atoms with Crippen molar-refractivity contribution in [3.63, 3.8) is 0 Å². The molecule has 0 radical (unpaired) electrons. The van der Waals surface area contributed by atoms with E-state index in [1.807, 2.05) is 20.9 Å². The molecule has 0 saturated heterocycles. The van der Waals surface area contributed by atoms with Gasteiger partial charge in [0.2, 0.25) is 0 Å². The summed E-state index contributed by atoms with van der Waals surface area (Å²) < 4.78 is 0. The van der Waals surface area contributed by atoms with Crippen LogP contribution in [-0.4, -0.2) is 7.05 Å². The lowest BCUT2D eigenvalue weighted by Crippen LogP contribution is -2.05. The van der Waals surface area contributed by atoms with Crippen molar-refractivity contribution in [3.05, 3.63) is 35.4 Å². The molecule has 0 fully saturated rings. The van der Waals surface area contributed by atoms with Crippen LogP contribution in [0.5, 0.6) is 0 Å². The van der Waals surface area contributed by atoms with Gasteiger partial charge in [0, 0.05) is 6.54 Å². The van der Waals surface area contributed by atoms with Gasteiger partial charge in [0.15, 0.2) is 0 Å². The third-order valence-electron chi connectivity index (χ3n) is 1.63. The molecule has 0 saturated carbocycles. The molecule has 1 rings (SSSR count). The van der Waals surface area contributed by atoms with E-state index in [2.05, 4.69) is 50.4 Å². The summed E-state index contributed by atoms with van der Waals surface area (Å²) in [6.07, 6.45) is 1.25. The average molecular weight is 209 g/mol. The number of rotatable bonds is 2. The van der Waals surface area contributed by atoms with E-state index in [0.717, 1.165) is 6.54 Å². The Morgan fingerprint density at radius 3 is 1.93 bits per heavy atom. The number of aryl methyl sites for hydroxylation is 1. The predicted molar refractivity (Wildman–Crippen MR) is 71.3 cm³/mol. The van der Waals surface area contributed by atoms with Gasteiger partial charge in [-0.25, -0.2) is 0 Å². The second-order valence-electron chi connectivity index (χ2n) is 3.16. The van der Waals surface area contributed by atoms with Gasteiger partial charge in [-0.05, 0) is 25.1 Å². The molecule has 0 amide bonds. The fourth-order valence-corrected chi connectivity index (χ4v) is 0.999. The van der Waals surface area contributed by atoms with Gasteiger partial charge >= 0.3 is 0 Å². The standard InChI is InChI=1S/C9H13N.C3H8.C2H6/c1-8-5-3-4-6-9(8)7-10-2;1-3-2;1-2/h3-6,10H,7H2,1-2H3;3H2,1-2H3;1-2H3. The minimum Gasteiger partial charge on any atom is -0.316 e. The minimum atomic E-state index is 0.965. The van der Waals surface area contributed by atoms with Crippen LogP contribution in [0, 0.1) is 6.92 Å². The van der Waals surface area contributed by atoms with E-state index in [9.17, 15) is 0 Å². The van der Waals surface area contributed by atoms with Crippen molar-refractivity contribution in [2.24, 2.45) is 0 Å². The molecule has 0 spiro atoms. The van der Waals surface area contributed by atoms with E-state index in [4.69, 9.17) is 0 Å². The minimum absolute atomic E-state index is 0.965. The summed E-state index contributed by atoms with van der Waals surface area (Å²) in [5, 5.41) is 3.12. The quantitative estimate of drug-likeness (QED) is 0.771. The first kappa shape index (κ1) is 16.6. The maximum atomic E-state index is 3.12. The summed E-state index contributed by atoms with van der Waals surface area (Å²) in [7, 11) is 1.96. The average Bonchev–Trinajstić information content (AvgIpc) is 2.26. The van der Waals surface area contributed by atoms with Gasteiger partial charge in [0.1, 0.15) is 0 Å². The maximum Gasteiger partial charge on any atom is 0.0205 e. The summed E-state index contributed by atoms with van der Waals surface area (Å²) in [6, 6.07) is 8.41. The van der Waals surface area contributed by atoms with E-state index >= 15 is 0 Å². The van der Waals surface area contributed by atoms with Gasteiger partial charge in [-0.1, -0.05) is 58.4 Å². The van der Waals surface area contributed by atoms with E-state index in [-0.39, 0.29) is 0 Å². The highest BCUT2D eigenvalue weighted by Gasteiger charge is 1.91. The van der Waals surface area contributed by atoms with E-state index < -0.39 is 0 Å². The first-order chi connectivity index (χ1) is 7.26. The van der Waals surface area contributed by atoms with Crippen molar-refractivity contribution in [2.75, 3.05) is 7.05 Å². The highest BCUT2D eigenvalue weighted by molar-refractivity contribution is 5.25. The Hall–Kier alpha value is -0.820. The van der Waals surface area contributed by atoms with E-state index in [1.54, 1.807) is 0 Å². The lowest BCUT2D eigenvalue weighted by atomic mass is 10.1. The molecule has 1 N–H and O–H groups in total. The molecule has 0 atom stereocenters. The Balaban J connectivity index is 0. The normalized spacial score (nSPS) is 8.13. The molecule has 1 heteroatoms. The fourth-order valence-electron chi connectivity index (χ4n) is 0.999. The van der Waals surface area contributed by atoms with E-state index in [1.165, 1.54) is 17.5 Å². The number of hydrogen-bond donors (Lipinski definition) is 1. The first-order valence-corrected chi connectivity index (χ1v) is 5.95. The van der Waals surface area contributed by atoms with Crippen LogP contribution < -0.4 is 5.32 Å². The Kier molecular flexibility index (Phi) is 14.6. The lowest BCUT2D eigenvalue weighted by Gasteiger charge is -2.02. The van der Waals surface area contributed by atoms with Gasteiger partial charge < -0.3 is 5.32 Å². The lowest BCUT2D eigenvalue weighted by molar-refractivity contribution is 0.812. The van der Waals surface area contributed by atoms with Crippen LogP contribution in [0.15, 0.2) is 24.3 Å². The molecule has 0 unspecified atom stereocenters. The van der Waals surface area contributed by atoms with Crippen molar-refractivity contribution >= 4 is 0 Å². The van der Waals surface area contributed by atoms with Crippen molar-refractivity contribution in [2.45, 2.75) is 47.6 Å². The molecule has 0 aliphatic carbocycles. The molecule has 88 valence electrons. The zero-order chi connectivity index (χ0) is 12.1. The Labute approximate surface area is 95.9 Å². The van der Waals surface area contributed by atoms with Gasteiger partial charge in [-0.2, -0.15) is 0 Å². The zero-order valence-corrected chi connectivity index (χ0v) is 11.2. The van der Waals surface area contributed by atoms with Crippen LogP contribution in [0.2, 0.25) is 0 Å². The van der Waals surface area contributed by atoms with Crippen LogP contribution >= 0.6 is 0 Å². The van der Waals surface area contributed by atoms with E-state index in [0.29, 0.717) is 0 Å². The summed E-state index contributed by atoms with van der Waals surface area (Å²) in [4.78, 5) is 0. The topological polar surface area (TPSA) is 12.0 Å². The SMILES string of the molecule is CC.CCC.CNCc1ccccc1C. The maximum absolute atomic E-state index is 3.12. The van der Waals surface area contributed by atoms with Crippen molar-refractivity contribution in [1.29, 1.82) is 0 Å². The molecule has 15 heavy (non-hydrogen) atoms. The summed E-state index contributed by atoms with van der Waals surface area (Å²) in [5.74, 6) is 0. The van der Waals surface area contributed by atoms with Crippen molar-refractivity contribution in [3.8, 4) is 0 Å². The zero-order valence-electron chi connectivity index (χ0n) is 11.2. The van der Waals surface area contributed by atoms with Crippen LogP contribution in [0.3, 0.4) is 0 Å². The third kappa shape index (κ3) is 9.48. The molecule has 0 aliphatic rings. The number of nitrogens with one attached hydrogen (secondary N) is 1. The highest BCUT2D eigenvalue weighted by Crippen LogP contribution is 2.05. The van der Waals surface area contributed by atoms with Crippen LogP contribution in [-0.2, 0) is 6.54 Å². The monoisotopic (exact) mass is 209 g/mol. The fraction of sp³-hybridized carbons (Fsp3) is 0.571. The molecular weight excluding hydrogens is 182 g/mol. The van der Waals surface area contributed by atoms with Gasteiger partial charge in [0.05, 0.1) is 0 Å². The third-order valence-corrected chi connectivity index (χ3v) is 1.63. The van der Waals surface area contributed by atoms with Crippen LogP contribution in [0.1, 0.15) is 45.2 Å². The largest absolute Gasteiger partial charge is 0.316 e. The highest BCUT2D eigenvalue weighted by atomic mass is 14.8. The number of benzene rings is 1. The summed E-state index contributed by atoms with van der Waals surface area (Å²) in [6.45, 7) is 11.3. The summed E-state index contributed by atoms with van der Waals surface area (Å²) >= 11 is 0. The van der Waals surface area contributed by atoms with Gasteiger partial charge in [-0.15, -0.1) is 0 Å². The number of hydrogen-bond acceptors (Lipinski definition) is 1. The Bertz CT molecular complexity index is 218. The van der Waals surface area contributed by atoms with Crippen LogP contribution in [0.25, 0.3) is 0 Å². The Morgan fingerprint density at radius 2 is 1.53 bits per heavy atom. The predicted octanol–water partition coefficient (Wildman–Crippen LogP) is 4.16.